The van der Waals surface area contributed by atoms with Gasteiger partial charge in [0.2, 0.25) is 11.8 Å². The number of para-hydroxylation sites is 1. The van der Waals surface area contributed by atoms with Gasteiger partial charge in [-0.2, -0.15) is 0 Å². The highest BCUT2D eigenvalue weighted by atomic mass is 32.1. The lowest BCUT2D eigenvalue weighted by atomic mass is 10.3. The van der Waals surface area contributed by atoms with E-state index in [9.17, 15) is 9.59 Å². The Balaban J connectivity index is 1.21. The van der Waals surface area contributed by atoms with Crippen LogP contribution in [0.3, 0.4) is 0 Å². The molecule has 4 aromatic rings. The molecule has 0 saturated carbocycles. The van der Waals surface area contributed by atoms with Gasteiger partial charge in [0.05, 0.1) is 23.0 Å². The molecule has 7 nitrogen and oxygen atoms in total. The third-order valence-corrected chi connectivity index (χ3v) is 5.27. The van der Waals surface area contributed by atoms with Crippen molar-refractivity contribution in [3.63, 3.8) is 0 Å². The van der Waals surface area contributed by atoms with Crippen LogP contribution >= 0.6 is 11.3 Å². The van der Waals surface area contributed by atoms with Crippen LogP contribution in [0, 0.1) is 0 Å². The molecule has 8 heteroatoms. The minimum absolute atomic E-state index is 0.172. The molecule has 0 spiro atoms. The molecule has 0 atom stereocenters. The van der Waals surface area contributed by atoms with Crippen molar-refractivity contribution in [2.24, 2.45) is 0 Å². The molecule has 0 unspecified atom stereocenters. The molecule has 4 rings (SSSR count). The van der Waals surface area contributed by atoms with Crippen LogP contribution in [-0.4, -0.2) is 23.3 Å². The summed E-state index contributed by atoms with van der Waals surface area (Å²) in [4.78, 5) is 28.3. The Morgan fingerprint density at radius 3 is 2.80 bits per heavy atom. The zero-order valence-corrected chi connectivity index (χ0v) is 16.8. The van der Waals surface area contributed by atoms with Crippen LogP contribution < -0.4 is 10.6 Å². The van der Waals surface area contributed by atoms with E-state index in [0.717, 1.165) is 15.2 Å². The highest BCUT2D eigenvalue weighted by molar-refractivity contribution is 7.21. The topological polar surface area (TPSA) is 97.4 Å². The molecule has 30 heavy (non-hydrogen) atoms. The van der Waals surface area contributed by atoms with Crippen LogP contribution in [0.15, 0.2) is 69.7 Å². The van der Waals surface area contributed by atoms with Crippen molar-refractivity contribution in [2.45, 2.75) is 13.0 Å². The normalized spacial score (nSPS) is 11.2. The first-order valence-electron chi connectivity index (χ1n) is 9.38. The molecule has 0 bridgehead atoms. The Morgan fingerprint density at radius 1 is 1.07 bits per heavy atom. The summed E-state index contributed by atoms with van der Waals surface area (Å²) < 4.78 is 12.0. The summed E-state index contributed by atoms with van der Waals surface area (Å²) in [5, 5.41) is 6.24. The maximum Gasteiger partial charge on any atom is 0.244 e. The predicted molar refractivity (Wildman–Crippen MR) is 115 cm³/mol. The van der Waals surface area contributed by atoms with Gasteiger partial charge in [-0.1, -0.05) is 12.1 Å². The third kappa shape index (κ3) is 5.03. The first-order chi connectivity index (χ1) is 14.7. The number of aromatic nitrogens is 1. The van der Waals surface area contributed by atoms with E-state index in [1.165, 1.54) is 12.3 Å². The number of hydrogen-bond acceptors (Lipinski definition) is 6. The molecule has 1 aromatic carbocycles. The first-order valence-corrected chi connectivity index (χ1v) is 10.2. The van der Waals surface area contributed by atoms with Gasteiger partial charge in [-0.3, -0.25) is 9.59 Å². The number of thiazole rings is 1. The number of carbonyl (C=O) groups excluding carboxylic acids is 2. The highest BCUT2D eigenvalue weighted by Crippen LogP contribution is 2.31. The monoisotopic (exact) mass is 421 g/mol. The lowest BCUT2D eigenvalue weighted by molar-refractivity contribution is -0.121. The van der Waals surface area contributed by atoms with Crippen molar-refractivity contribution in [3.8, 4) is 10.8 Å². The minimum atomic E-state index is -0.286. The van der Waals surface area contributed by atoms with E-state index in [4.69, 9.17) is 8.83 Å². The molecule has 3 aromatic heterocycles. The van der Waals surface area contributed by atoms with Crippen LogP contribution in [-0.2, 0) is 16.1 Å². The molecule has 0 radical (unpaired) electrons. The fraction of sp³-hybridized carbons (Fsp3) is 0.136. The maximum absolute atomic E-state index is 12.0. The molecule has 0 aliphatic rings. The highest BCUT2D eigenvalue weighted by Gasteiger charge is 2.11. The van der Waals surface area contributed by atoms with Crippen molar-refractivity contribution in [3.05, 3.63) is 72.4 Å². The zero-order valence-electron chi connectivity index (χ0n) is 16.0. The van der Waals surface area contributed by atoms with Gasteiger partial charge in [0.25, 0.3) is 0 Å². The molecule has 2 amide bonds. The molecule has 0 aliphatic carbocycles. The predicted octanol–water partition coefficient (Wildman–Crippen LogP) is 3.99. The fourth-order valence-electron chi connectivity index (χ4n) is 2.74. The molecule has 3 heterocycles. The van der Waals surface area contributed by atoms with Crippen LogP contribution in [0.25, 0.3) is 27.1 Å². The molecule has 0 fully saturated rings. The van der Waals surface area contributed by atoms with E-state index >= 15 is 0 Å². The van der Waals surface area contributed by atoms with Crippen LogP contribution in [0.2, 0.25) is 0 Å². The molecule has 2 N–H and O–H groups in total. The number of nitrogens with one attached hydrogen (secondary N) is 2. The van der Waals surface area contributed by atoms with E-state index in [1.807, 2.05) is 36.4 Å². The third-order valence-electron chi connectivity index (χ3n) is 4.22. The Morgan fingerprint density at radius 2 is 1.97 bits per heavy atom. The SMILES string of the molecule is O=C(/C=C/c1ccco1)NCCC(=O)NCc1ccc(-c2nc3ccccc3s2)o1. The van der Waals surface area contributed by atoms with Gasteiger partial charge in [0.15, 0.2) is 10.8 Å². The van der Waals surface area contributed by atoms with E-state index in [2.05, 4.69) is 15.6 Å². The lowest BCUT2D eigenvalue weighted by Crippen LogP contribution is -2.29. The second kappa shape index (κ2) is 9.23. The average Bonchev–Trinajstić information content (AvgIpc) is 3.51. The van der Waals surface area contributed by atoms with E-state index in [1.54, 1.807) is 29.5 Å². The summed E-state index contributed by atoms with van der Waals surface area (Å²) in [6.45, 7) is 0.512. The summed E-state index contributed by atoms with van der Waals surface area (Å²) in [5.41, 5.74) is 0.935. The quantitative estimate of drug-likeness (QED) is 0.419. The van der Waals surface area contributed by atoms with Gasteiger partial charge in [0.1, 0.15) is 11.5 Å². The number of amides is 2. The van der Waals surface area contributed by atoms with Gasteiger partial charge in [-0.25, -0.2) is 4.98 Å². The van der Waals surface area contributed by atoms with Crippen LogP contribution in [0.1, 0.15) is 17.9 Å². The van der Waals surface area contributed by atoms with Crippen LogP contribution in [0.4, 0.5) is 0 Å². The number of benzene rings is 1. The van der Waals surface area contributed by atoms with Gasteiger partial charge >= 0.3 is 0 Å². The Hall–Kier alpha value is -3.65. The summed E-state index contributed by atoms with van der Waals surface area (Å²) in [6, 6.07) is 15.1. The minimum Gasteiger partial charge on any atom is -0.465 e. The second-order valence-electron chi connectivity index (χ2n) is 6.42. The summed E-state index contributed by atoms with van der Waals surface area (Å²) in [5.74, 6) is 1.44. The Labute approximate surface area is 176 Å². The number of rotatable bonds is 8. The standard InChI is InChI=1S/C22H19N3O4S/c26-20(10-8-15-4-3-13-28-15)23-12-11-21(27)24-14-16-7-9-18(29-16)22-25-17-5-1-2-6-19(17)30-22/h1-10,13H,11-12,14H2,(H,23,26)(H,24,27)/b10-8+. The summed E-state index contributed by atoms with van der Waals surface area (Å²) in [6.07, 6.45) is 4.63. The van der Waals surface area contributed by atoms with Crippen molar-refractivity contribution in [1.29, 1.82) is 0 Å². The first kappa shape index (κ1) is 19.7. The largest absolute Gasteiger partial charge is 0.465 e. The summed E-state index contributed by atoms with van der Waals surface area (Å²) in [7, 11) is 0. The molecule has 0 aliphatic heterocycles. The number of hydrogen-bond donors (Lipinski definition) is 2. The van der Waals surface area contributed by atoms with Gasteiger partial charge < -0.3 is 19.5 Å². The number of carbonyl (C=O) groups is 2. The average molecular weight is 421 g/mol. The second-order valence-corrected chi connectivity index (χ2v) is 7.45. The van der Waals surface area contributed by atoms with Gasteiger partial charge in [-0.15, -0.1) is 11.3 Å². The zero-order chi connectivity index (χ0) is 20.8. The Bertz CT molecular complexity index is 1140. The van der Waals surface area contributed by atoms with E-state index in [-0.39, 0.29) is 31.3 Å². The Kier molecular flexibility index (Phi) is 6.05. The molecular formula is C22H19N3O4S. The van der Waals surface area contributed by atoms with Crippen LogP contribution in [0.5, 0.6) is 0 Å². The molecular weight excluding hydrogens is 402 g/mol. The van der Waals surface area contributed by atoms with Crippen molar-refractivity contribution >= 4 is 39.4 Å². The van der Waals surface area contributed by atoms with Gasteiger partial charge in [0, 0.05) is 19.0 Å². The van der Waals surface area contributed by atoms with Gasteiger partial charge in [-0.05, 0) is 42.5 Å². The number of furan rings is 2. The van der Waals surface area contributed by atoms with E-state index in [0.29, 0.717) is 17.3 Å². The van der Waals surface area contributed by atoms with Crippen molar-refractivity contribution in [2.75, 3.05) is 6.54 Å². The maximum atomic E-state index is 12.0. The summed E-state index contributed by atoms with van der Waals surface area (Å²) >= 11 is 1.56. The van der Waals surface area contributed by atoms with Crippen molar-refractivity contribution < 1.29 is 18.4 Å². The molecule has 0 saturated heterocycles. The fourth-order valence-corrected chi connectivity index (χ4v) is 3.67. The lowest BCUT2D eigenvalue weighted by Gasteiger charge is -2.04. The number of fused-ring (bicyclic) bond motifs is 1. The van der Waals surface area contributed by atoms with Crippen molar-refractivity contribution in [1.82, 2.24) is 15.6 Å². The smallest absolute Gasteiger partial charge is 0.244 e. The number of nitrogens with zero attached hydrogens (tertiary/aromatic N) is 1. The van der Waals surface area contributed by atoms with E-state index < -0.39 is 0 Å². The molecule has 152 valence electrons.